The molecule has 0 bridgehead atoms. The van der Waals surface area contributed by atoms with Crippen LogP contribution in [0.5, 0.6) is 0 Å². The van der Waals surface area contributed by atoms with Gasteiger partial charge >= 0.3 is 0 Å². The second-order valence-corrected chi connectivity index (χ2v) is 8.13. The summed E-state index contributed by atoms with van der Waals surface area (Å²) in [5.41, 5.74) is 1.17. The average molecular weight is 428 g/mol. The number of carbonyl (C=O) groups is 2. The third kappa shape index (κ3) is 3.72. The Balaban J connectivity index is 1.56. The molecule has 2 aliphatic heterocycles. The molecular weight excluding hydrogens is 410 g/mol. The van der Waals surface area contributed by atoms with E-state index in [1.807, 2.05) is 38.1 Å². The molecule has 0 radical (unpaired) electrons. The van der Waals surface area contributed by atoms with Gasteiger partial charge in [0.15, 0.2) is 5.17 Å². The molecule has 1 unspecified atom stereocenters. The van der Waals surface area contributed by atoms with E-state index in [0.717, 1.165) is 35.5 Å². The molecule has 0 aromatic heterocycles. The molecule has 1 N–H and O–H groups in total. The molecular formula is C21H18F2N4O2S. The molecule has 0 aliphatic carbocycles. The highest BCUT2D eigenvalue weighted by Crippen LogP contribution is 2.34. The molecule has 2 amide bonds. The van der Waals surface area contributed by atoms with Crippen molar-refractivity contribution in [3.05, 3.63) is 59.7 Å². The Kier molecular flexibility index (Phi) is 5.38. The van der Waals surface area contributed by atoms with Gasteiger partial charge in [0.25, 0.3) is 5.91 Å². The van der Waals surface area contributed by atoms with Crippen molar-refractivity contribution in [2.75, 3.05) is 11.1 Å². The van der Waals surface area contributed by atoms with Gasteiger partial charge in [-0.25, -0.2) is 18.7 Å². The number of benzene rings is 2. The van der Waals surface area contributed by atoms with Crippen molar-refractivity contribution in [2.45, 2.75) is 19.9 Å². The Bertz CT molecular complexity index is 1100. The number of thioether (sulfide) groups is 1. The summed E-state index contributed by atoms with van der Waals surface area (Å²) >= 11 is 1.04. The zero-order valence-corrected chi connectivity index (χ0v) is 17.0. The minimum atomic E-state index is -0.734. The van der Waals surface area contributed by atoms with Crippen molar-refractivity contribution in [1.29, 1.82) is 0 Å². The van der Waals surface area contributed by atoms with Gasteiger partial charge in [-0.3, -0.25) is 14.6 Å². The molecule has 6 nitrogen and oxygen atoms in total. The van der Waals surface area contributed by atoms with E-state index in [-0.39, 0.29) is 23.3 Å². The average Bonchev–Trinajstić information content (AvgIpc) is 3.07. The maximum absolute atomic E-state index is 13.8. The summed E-state index contributed by atoms with van der Waals surface area (Å²) in [4.78, 5) is 35.8. The lowest BCUT2D eigenvalue weighted by molar-refractivity contribution is -0.125. The predicted octanol–water partition coefficient (Wildman–Crippen LogP) is 3.95. The number of rotatable bonds is 4. The molecule has 154 valence electrons. The SMILES string of the molecule is CC(C)C1N=C2c3ccccc3N=C(SCC(=O)Nc3cc(F)ccc3F)N2C1=O. The number of aliphatic imine (C=N–C) groups is 2. The van der Waals surface area contributed by atoms with Crippen LogP contribution in [0.1, 0.15) is 19.4 Å². The molecule has 0 fully saturated rings. The number of hydrogen-bond donors (Lipinski definition) is 1. The maximum atomic E-state index is 13.8. The third-order valence-electron chi connectivity index (χ3n) is 4.67. The Morgan fingerprint density at radius 1 is 1.23 bits per heavy atom. The second kappa shape index (κ2) is 7.98. The molecule has 1 atom stereocenters. The second-order valence-electron chi connectivity index (χ2n) is 7.19. The van der Waals surface area contributed by atoms with Crippen LogP contribution in [-0.2, 0) is 9.59 Å². The zero-order valence-electron chi connectivity index (χ0n) is 16.2. The number of nitrogens with zero attached hydrogens (tertiary/aromatic N) is 3. The van der Waals surface area contributed by atoms with Gasteiger partial charge in [0.1, 0.15) is 23.5 Å². The topological polar surface area (TPSA) is 74.1 Å². The van der Waals surface area contributed by atoms with Gasteiger partial charge in [-0.05, 0) is 30.2 Å². The van der Waals surface area contributed by atoms with Gasteiger partial charge in [-0.15, -0.1) is 0 Å². The van der Waals surface area contributed by atoms with Crippen molar-refractivity contribution in [3.63, 3.8) is 0 Å². The van der Waals surface area contributed by atoms with Crippen LogP contribution >= 0.6 is 11.8 Å². The van der Waals surface area contributed by atoms with Gasteiger partial charge < -0.3 is 5.32 Å². The van der Waals surface area contributed by atoms with Crippen LogP contribution in [0.15, 0.2) is 52.4 Å². The number of fused-ring (bicyclic) bond motifs is 3. The first-order valence-corrected chi connectivity index (χ1v) is 10.3. The van der Waals surface area contributed by atoms with E-state index < -0.39 is 23.6 Å². The van der Waals surface area contributed by atoms with Crippen LogP contribution in [0.2, 0.25) is 0 Å². The summed E-state index contributed by atoms with van der Waals surface area (Å²) in [6, 6.07) is 9.64. The molecule has 2 heterocycles. The van der Waals surface area contributed by atoms with Crippen molar-refractivity contribution in [2.24, 2.45) is 15.9 Å². The normalized spacial score (nSPS) is 17.4. The van der Waals surface area contributed by atoms with Crippen LogP contribution in [0.3, 0.4) is 0 Å². The highest BCUT2D eigenvalue weighted by atomic mass is 32.2. The lowest BCUT2D eigenvalue weighted by atomic mass is 10.1. The number of para-hydroxylation sites is 1. The van der Waals surface area contributed by atoms with E-state index in [9.17, 15) is 18.4 Å². The summed E-state index contributed by atoms with van der Waals surface area (Å²) in [7, 11) is 0. The van der Waals surface area contributed by atoms with Crippen LogP contribution in [0.4, 0.5) is 20.2 Å². The number of carbonyl (C=O) groups excluding carboxylic acids is 2. The first kappa shape index (κ1) is 20.2. The van der Waals surface area contributed by atoms with E-state index in [4.69, 9.17) is 0 Å². The lowest BCUT2D eigenvalue weighted by Crippen LogP contribution is -2.42. The fourth-order valence-corrected chi connectivity index (χ4v) is 4.01. The van der Waals surface area contributed by atoms with Crippen LogP contribution < -0.4 is 5.32 Å². The third-order valence-corrected chi connectivity index (χ3v) is 5.60. The maximum Gasteiger partial charge on any atom is 0.259 e. The molecule has 30 heavy (non-hydrogen) atoms. The number of amidine groups is 2. The minimum absolute atomic E-state index is 0.00765. The van der Waals surface area contributed by atoms with E-state index in [1.54, 1.807) is 0 Å². The van der Waals surface area contributed by atoms with Crippen molar-refractivity contribution >= 4 is 46.0 Å². The van der Waals surface area contributed by atoms with Crippen molar-refractivity contribution in [3.8, 4) is 0 Å². The minimum Gasteiger partial charge on any atom is -0.323 e. The zero-order chi connectivity index (χ0) is 21.4. The van der Waals surface area contributed by atoms with Gasteiger partial charge in [-0.2, -0.15) is 0 Å². The Morgan fingerprint density at radius 2 is 2.00 bits per heavy atom. The predicted molar refractivity (Wildman–Crippen MR) is 113 cm³/mol. The van der Waals surface area contributed by atoms with Gasteiger partial charge in [0.05, 0.1) is 17.1 Å². The Labute approximate surface area is 176 Å². The smallest absolute Gasteiger partial charge is 0.259 e. The summed E-state index contributed by atoms with van der Waals surface area (Å²) in [6.45, 7) is 3.84. The molecule has 0 saturated heterocycles. The molecule has 0 spiro atoms. The van der Waals surface area contributed by atoms with E-state index in [1.165, 1.54) is 4.90 Å². The number of halogens is 2. The molecule has 4 rings (SSSR count). The largest absolute Gasteiger partial charge is 0.323 e. The number of anilines is 1. The summed E-state index contributed by atoms with van der Waals surface area (Å²) in [5, 5.41) is 2.67. The fraction of sp³-hybridized carbons (Fsp3) is 0.238. The van der Waals surface area contributed by atoms with E-state index in [2.05, 4.69) is 15.3 Å². The summed E-state index contributed by atoms with van der Waals surface area (Å²) in [6.07, 6.45) is 0. The van der Waals surface area contributed by atoms with Gasteiger partial charge in [-0.1, -0.05) is 37.7 Å². The molecule has 2 aliphatic rings. The Hall–Kier alpha value is -3.07. The standard InChI is InChI=1S/C21H18F2N4O2S/c1-11(2)18-20(29)27-19(26-18)13-5-3-4-6-15(13)25-21(27)30-10-17(28)24-16-9-12(22)7-8-14(16)23/h3-9,11,18H,10H2,1-2H3,(H,24,28). The van der Waals surface area contributed by atoms with Gasteiger partial charge in [0, 0.05) is 11.6 Å². The highest BCUT2D eigenvalue weighted by molar-refractivity contribution is 8.14. The Morgan fingerprint density at radius 3 is 2.77 bits per heavy atom. The van der Waals surface area contributed by atoms with E-state index in [0.29, 0.717) is 16.7 Å². The van der Waals surface area contributed by atoms with Crippen LogP contribution in [0, 0.1) is 17.6 Å². The summed E-state index contributed by atoms with van der Waals surface area (Å²) < 4.78 is 27.1. The van der Waals surface area contributed by atoms with Crippen molar-refractivity contribution < 1.29 is 18.4 Å². The number of hydrogen-bond acceptors (Lipinski definition) is 5. The van der Waals surface area contributed by atoms with Crippen LogP contribution in [0.25, 0.3) is 0 Å². The first-order chi connectivity index (χ1) is 14.3. The number of nitrogens with one attached hydrogen (secondary N) is 1. The van der Waals surface area contributed by atoms with Crippen molar-refractivity contribution in [1.82, 2.24) is 4.90 Å². The highest BCUT2D eigenvalue weighted by Gasteiger charge is 2.42. The summed E-state index contributed by atoms with van der Waals surface area (Å²) in [5.74, 6) is -1.75. The lowest BCUT2D eigenvalue weighted by Gasteiger charge is -2.25. The van der Waals surface area contributed by atoms with Gasteiger partial charge in [0.2, 0.25) is 5.91 Å². The fourth-order valence-electron chi connectivity index (χ4n) is 3.21. The molecule has 2 aromatic rings. The molecule has 0 saturated carbocycles. The monoisotopic (exact) mass is 428 g/mol. The molecule has 9 heteroatoms. The molecule has 2 aromatic carbocycles. The van der Waals surface area contributed by atoms with Crippen LogP contribution in [-0.4, -0.2) is 39.5 Å². The van der Waals surface area contributed by atoms with E-state index >= 15 is 0 Å². The quantitative estimate of drug-likeness (QED) is 0.801. The first-order valence-electron chi connectivity index (χ1n) is 9.32. The number of amides is 2.